The molecule has 1 aliphatic heterocycles. The van der Waals surface area contributed by atoms with E-state index in [2.05, 4.69) is 5.32 Å². The van der Waals surface area contributed by atoms with E-state index in [1.54, 1.807) is 4.90 Å². The topological polar surface area (TPSA) is 122 Å². The molecule has 0 bridgehead atoms. The summed E-state index contributed by atoms with van der Waals surface area (Å²) < 4.78 is 5.17. The van der Waals surface area contributed by atoms with Gasteiger partial charge in [-0.15, -0.1) is 0 Å². The zero-order valence-electron chi connectivity index (χ0n) is 15.8. The number of hydrogen-bond donors (Lipinski definition) is 2. The van der Waals surface area contributed by atoms with Gasteiger partial charge in [0, 0.05) is 36.1 Å². The van der Waals surface area contributed by atoms with Gasteiger partial charge in [-0.3, -0.25) is 14.9 Å². The van der Waals surface area contributed by atoms with Gasteiger partial charge in [-0.1, -0.05) is 18.2 Å². The van der Waals surface area contributed by atoms with Crippen molar-refractivity contribution in [3.8, 4) is 0 Å². The first-order valence-electron chi connectivity index (χ1n) is 9.12. The average molecular weight is 399 g/mol. The lowest BCUT2D eigenvalue weighted by Crippen LogP contribution is -2.38. The molecule has 9 nitrogen and oxygen atoms in total. The first-order chi connectivity index (χ1) is 13.9. The summed E-state index contributed by atoms with van der Waals surface area (Å²) in [5.41, 5.74) is 1.77. The van der Waals surface area contributed by atoms with E-state index < -0.39 is 17.5 Å². The molecule has 1 aliphatic rings. The van der Waals surface area contributed by atoms with Gasteiger partial charge in [0.15, 0.2) is 6.61 Å². The van der Waals surface area contributed by atoms with Crippen molar-refractivity contribution >= 4 is 28.9 Å². The lowest BCUT2D eigenvalue weighted by Gasteiger charge is -2.22. The Labute approximate surface area is 167 Å². The van der Waals surface area contributed by atoms with E-state index in [1.807, 2.05) is 31.2 Å². The number of fused-ring (bicyclic) bond motifs is 1. The maximum absolute atomic E-state index is 12.7. The van der Waals surface area contributed by atoms with E-state index in [0.29, 0.717) is 0 Å². The smallest absolute Gasteiger partial charge is 0.341 e. The Bertz CT molecular complexity index is 946. The highest BCUT2D eigenvalue weighted by atomic mass is 16.6. The van der Waals surface area contributed by atoms with Gasteiger partial charge in [0.1, 0.15) is 0 Å². The Balaban J connectivity index is 1.74. The normalized spacial score (nSPS) is 15.0. The quantitative estimate of drug-likeness (QED) is 0.415. The molecule has 9 heteroatoms. The fraction of sp³-hybridized carbons (Fsp3) is 0.300. The van der Waals surface area contributed by atoms with E-state index in [-0.39, 0.29) is 42.0 Å². The second-order valence-electron chi connectivity index (χ2n) is 6.66. The number of rotatable bonds is 7. The molecule has 2 aromatic carbocycles. The molecular weight excluding hydrogens is 378 g/mol. The number of amides is 1. The second kappa shape index (κ2) is 8.70. The van der Waals surface area contributed by atoms with Crippen molar-refractivity contribution in [3.05, 3.63) is 63.7 Å². The van der Waals surface area contributed by atoms with Crippen molar-refractivity contribution in [3.63, 3.8) is 0 Å². The molecule has 0 saturated carbocycles. The zero-order valence-corrected chi connectivity index (χ0v) is 15.8. The molecule has 29 heavy (non-hydrogen) atoms. The number of carbonyl (C=O) groups is 2. The van der Waals surface area contributed by atoms with Gasteiger partial charge in [-0.05, 0) is 31.0 Å². The van der Waals surface area contributed by atoms with Gasteiger partial charge in [-0.2, -0.15) is 0 Å². The van der Waals surface area contributed by atoms with Crippen LogP contribution in [0.2, 0.25) is 0 Å². The fourth-order valence-electron chi connectivity index (χ4n) is 3.38. The fourth-order valence-corrected chi connectivity index (χ4v) is 3.38. The van der Waals surface area contributed by atoms with Crippen LogP contribution in [0.5, 0.6) is 0 Å². The van der Waals surface area contributed by atoms with Crippen LogP contribution in [0.1, 0.15) is 22.8 Å². The van der Waals surface area contributed by atoms with Crippen LogP contribution in [-0.2, 0) is 16.0 Å². The van der Waals surface area contributed by atoms with Crippen LogP contribution >= 0.6 is 0 Å². The predicted molar refractivity (Wildman–Crippen MR) is 106 cm³/mol. The Morgan fingerprint density at radius 3 is 2.79 bits per heavy atom. The van der Waals surface area contributed by atoms with Crippen molar-refractivity contribution in [1.29, 1.82) is 0 Å². The van der Waals surface area contributed by atoms with Crippen LogP contribution < -0.4 is 10.2 Å². The number of para-hydroxylation sites is 1. The molecule has 1 atom stereocenters. The first kappa shape index (κ1) is 20.3. The molecule has 3 rings (SSSR count). The van der Waals surface area contributed by atoms with E-state index >= 15 is 0 Å². The second-order valence-corrected chi connectivity index (χ2v) is 6.66. The Morgan fingerprint density at radius 2 is 2.07 bits per heavy atom. The molecule has 0 unspecified atom stereocenters. The highest BCUT2D eigenvalue weighted by Crippen LogP contribution is 2.32. The average Bonchev–Trinajstić information content (AvgIpc) is 3.05. The van der Waals surface area contributed by atoms with Crippen LogP contribution in [0.4, 0.5) is 17.1 Å². The minimum Gasteiger partial charge on any atom is -0.452 e. The van der Waals surface area contributed by atoms with Crippen LogP contribution in [0.25, 0.3) is 0 Å². The maximum Gasteiger partial charge on any atom is 0.341 e. The summed E-state index contributed by atoms with van der Waals surface area (Å²) in [4.78, 5) is 37.2. The molecule has 0 radical (unpaired) electrons. The zero-order chi connectivity index (χ0) is 21.0. The van der Waals surface area contributed by atoms with E-state index in [1.165, 1.54) is 12.1 Å². The van der Waals surface area contributed by atoms with Gasteiger partial charge in [0.2, 0.25) is 0 Å². The summed E-state index contributed by atoms with van der Waals surface area (Å²) in [6.07, 6.45) is 0.718. The standard InChI is InChI=1S/C20H21N3O6/c1-13-10-14-4-2-3-5-18(14)22(13)19(25)12-29-20(26)16-11-15(23(27)28)6-7-17(16)21-8-9-24/h2-7,11,13,21,24H,8-10,12H2,1H3/t13-/m0/s1. The van der Waals surface area contributed by atoms with Crippen molar-refractivity contribution in [2.75, 3.05) is 30.0 Å². The van der Waals surface area contributed by atoms with Gasteiger partial charge >= 0.3 is 5.97 Å². The summed E-state index contributed by atoms with van der Waals surface area (Å²) in [6.45, 7) is 1.39. The predicted octanol–water partition coefficient (Wildman–Crippen LogP) is 2.13. The summed E-state index contributed by atoms with van der Waals surface area (Å²) >= 11 is 0. The third kappa shape index (κ3) is 4.35. The number of nitro benzene ring substituents is 1. The molecule has 152 valence electrons. The molecule has 2 aromatic rings. The number of hydrogen-bond acceptors (Lipinski definition) is 7. The number of aliphatic hydroxyl groups is 1. The van der Waals surface area contributed by atoms with Crippen LogP contribution in [0.15, 0.2) is 42.5 Å². The van der Waals surface area contributed by atoms with E-state index in [9.17, 15) is 19.7 Å². The van der Waals surface area contributed by atoms with Gasteiger partial charge < -0.3 is 20.1 Å². The Kier molecular flexibility index (Phi) is 6.08. The SMILES string of the molecule is C[C@H]1Cc2ccccc2N1C(=O)COC(=O)c1cc([N+](=O)[O-])ccc1NCCO. The maximum atomic E-state index is 12.7. The van der Waals surface area contributed by atoms with Gasteiger partial charge in [-0.25, -0.2) is 4.79 Å². The van der Waals surface area contributed by atoms with Crippen molar-refractivity contribution in [2.24, 2.45) is 0 Å². The summed E-state index contributed by atoms with van der Waals surface area (Å²) in [6, 6.07) is 11.2. The number of anilines is 2. The number of nitro groups is 1. The Hall–Kier alpha value is -3.46. The molecule has 0 aliphatic carbocycles. The van der Waals surface area contributed by atoms with Crippen LogP contribution in [0, 0.1) is 10.1 Å². The summed E-state index contributed by atoms with van der Waals surface area (Å²) in [7, 11) is 0. The lowest BCUT2D eigenvalue weighted by molar-refractivity contribution is -0.384. The third-order valence-corrected chi connectivity index (χ3v) is 4.66. The number of nitrogens with one attached hydrogen (secondary N) is 1. The third-order valence-electron chi connectivity index (χ3n) is 4.66. The molecule has 1 amide bonds. The summed E-state index contributed by atoms with van der Waals surface area (Å²) in [5, 5.41) is 22.8. The largest absolute Gasteiger partial charge is 0.452 e. The molecule has 0 aromatic heterocycles. The molecule has 0 fully saturated rings. The minimum atomic E-state index is -0.859. The van der Waals surface area contributed by atoms with Gasteiger partial charge in [0.25, 0.3) is 11.6 Å². The van der Waals surface area contributed by atoms with Gasteiger partial charge in [0.05, 0.1) is 17.1 Å². The number of esters is 1. The van der Waals surface area contributed by atoms with Crippen LogP contribution in [0.3, 0.4) is 0 Å². The summed E-state index contributed by atoms with van der Waals surface area (Å²) in [5.74, 6) is -1.23. The Morgan fingerprint density at radius 1 is 1.31 bits per heavy atom. The monoisotopic (exact) mass is 399 g/mol. The van der Waals surface area contributed by atoms with E-state index in [0.717, 1.165) is 23.7 Å². The van der Waals surface area contributed by atoms with Crippen molar-refractivity contribution < 1.29 is 24.4 Å². The first-order valence-corrected chi connectivity index (χ1v) is 9.12. The molecule has 2 N–H and O–H groups in total. The number of aliphatic hydroxyl groups excluding tert-OH is 1. The molecule has 1 heterocycles. The van der Waals surface area contributed by atoms with E-state index in [4.69, 9.17) is 9.84 Å². The highest BCUT2D eigenvalue weighted by molar-refractivity contribution is 6.01. The molecule has 0 saturated heterocycles. The number of carbonyl (C=O) groups excluding carboxylic acids is 2. The highest BCUT2D eigenvalue weighted by Gasteiger charge is 2.31. The van der Waals surface area contributed by atoms with Crippen molar-refractivity contribution in [1.82, 2.24) is 0 Å². The molecule has 0 spiro atoms. The number of benzene rings is 2. The number of nitrogens with zero attached hydrogens (tertiary/aromatic N) is 2. The van der Waals surface area contributed by atoms with Crippen LogP contribution in [-0.4, -0.2) is 47.7 Å². The number of non-ortho nitro benzene ring substituents is 1. The lowest BCUT2D eigenvalue weighted by atomic mass is 10.1. The number of ether oxygens (including phenoxy) is 1. The van der Waals surface area contributed by atoms with Crippen molar-refractivity contribution in [2.45, 2.75) is 19.4 Å². The minimum absolute atomic E-state index is 0.0572. The molecular formula is C20H21N3O6.